The zero-order valence-corrected chi connectivity index (χ0v) is 11.5. The molecule has 11 heteroatoms. The lowest BCUT2D eigenvalue weighted by Gasteiger charge is -2.29. The minimum atomic E-state index is -4.55. The van der Waals surface area contributed by atoms with Gasteiger partial charge in [-0.15, -0.1) is 0 Å². The SMILES string of the molecule is O=c1ccn2c(n1)O[C@H]1[C@H](O)[C@@H](CO)O[C@]12CP(=O)(O)O. The Morgan fingerprint density at radius 3 is 2.81 bits per heavy atom. The topological polar surface area (TPSA) is 151 Å². The molecule has 0 unspecified atom stereocenters. The van der Waals surface area contributed by atoms with Crippen molar-refractivity contribution in [2.45, 2.75) is 24.0 Å². The number of fused-ring (bicyclic) bond motifs is 3. The summed E-state index contributed by atoms with van der Waals surface area (Å²) in [5.41, 5.74) is -2.32. The molecule has 3 rings (SSSR count). The van der Waals surface area contributed by atoms with Gasteiger partial charge >= 0.3 is 13.6 Å². The highest BCUT2D eigenvalue weighted by atomic mass is 31.2. The summed E-state index contributed by atoms with van der Waals surface area (Å²) in [6.07, 6.45) is -3.12. The second-order valence-electron chi connectivity index (χ2n) is 4.95. The van der Waals surface area contributed by atoms with Crippen molar-refractivity contribution >= 4 is 7.60 Å². The molecule has 0 aliphatic carbocycles. The van der Waals surface area contributed by atoms with Crippen molar-refractivity contribution in [3.8, 4) is 6.01 Å². The third-order valence-electron chi connectivity index (χ3n) is 3.52. The van der Waals surface area contributed by atoms with Crippen molar-refractivity contribution in [3.63, 3.8) is 0 Å². The lowest BCUT2D eigenvalue weighted by molar-refractivity contribution is -0.107. The van der Waals surface area contributed by atoms with Crippen molar-refractivity contribution in [1.82, 2.24) is 9.55 Å². The summed E-state index contributed by atoms with van der Waals surface area (Å²) in [5.74, 6) is 0. The van der Waals surface area contributed by atoms with Gasteiger partial charge in [0.25, 0.3) is 5.56 Å². The number of aromatic nitrogens is 2. The molecule has 4 atom stereocenters. The third-order valence-corrected chi connectivity index (χ3v) is 4.39. The van der Waals surface area contributed by atoms with Crippen molar-refractivity contribution in [2.24, 2.45) is 0 Å². The molecule has 0 spiro atoms. The van der Waals surface area contributed by atoms with Crippen molar-refractivity contribution in [1.29, 1.82) is 0 Å². The number of aliphatic hydroxyl groups is 2. The molecule has 1 aromatic heterocycles. The van der Waals surface area contributed by atoms with Crippen LogP contribution >= 0.6 is 7.60 Å². The molecule has 1 fully saturated rings. The van der Waals surface area contributed by atoms with E-state index in [1.54, 1.807) is 0 Å². The van der Waals surface area contributed by atoms with Crippen LogP contribution in [0, 0.1) is 0 Å². The third kappa shape index (κ3) is 2.20. The Balaban J connectivity index is 2.14. The van der Waals surface area contributed by atoms with Gasteiger partial charge < -0.3 is 29.5 Å². The van der Waals surface area contributed by atoms with Crippen LogP contribution in [0.25, 0.3) is 0 Å². The van der Waals surface area contributed by atoms with E-state index in [0.717, 1.165) is 10.6 Å². The lowest BCUT2D eigenvalue weighted by atomic mass is 10.0. The zero-order chi connectivity index (χ0) is 15.4. The van der Waals surface area contributed by atoms with Crippen LogP contribution in [0.1, 0.15) is 0 Å². The highest BCUT2D eigenvalue weighted by Gasteiger charge is 2.64. The Morgan fingerprint density at radius 2 is 2.19 bits per heavy atom. The molecule has 0 bridgehead atoms. The number of nitrogens with zero attached hydrogens (tertiary/aromatic N) is 2. The molecule has 1 saturated heterocycles. The fraction of sp³-hybridized carbons (Fsp3) is 0.600. The maximum Gasteiger partial charge on any atom is 0.330 e. The second-order valence-corrected chi connectivity index (χ2v) is 6.60. The van der Waals surface area contributed by atoms with E-state index in [-0.39, 0.29) is 6.01 Å². The monoisotopic (exact) mass is 320 g/mol. The Bertz CT molecular complexity index is 671. The van der Waals surface area contributed by atoms with E-state index in [9.17, 15) is 29.4 Å². The molecule has 10 nitrogen and oxygen atoms in total. The molecule has 2 aliphatic heterocycles. The quantitative estimate of drug-likeness (QED) is 0.446. The molecule has 3 heterocycles. The number of aliphatic hydroxyl groups excluding tert-OH is 2. The van der Waals surface area contributed by atoms with Gasteiger partial charge in [0.15, 0.2) is 11.8 Å². The highest BCUT2D eigenvalue weighted by molar-refractivity contribution is 7.51. The highest BCUT2D eigenvalue weighted by Crippen LogP contribution is 2.51. The molecule has 116 valence electrons. The van der Waals surface area contributed by atoms with Crippen LogP contribution in [-0.2, 0) is 15.0 Å². The van der Waals surface area contributed by atoms with Crippen LogP contribution in [0.15, 0.2) is 17.1 Å². The van der Waals surface area contributed by atoms with E-state index < -0.39 is 50.0 Å². The molecule has 0 radical (unpaired) electrons. The average molecular weight is 320 g/mol. The van der Waals surface area contributed by atoms with Gasteiger partial charge in [-0.3, -0.25) is 13.9 Å². The number of ether oxygens (including phenoxy) is 2. The molecule has 2 aliphatic rings. The van der Waals surface area contributed by atoms with Gasteiger partial charge in [-0.05, 0) is 0 Å². The molecular weight excluding hydrogens is 307 g/mol. The first-order chi connectivity index (χ1) is 9.77. The van der Waals surface area contributed by atoms with Gasteiger partial charge in [0.1, 0.15) is 18.4 Å². The summed E-state index contributed by atoms with van der Waals surface area (Å²) in [7, 11) is -4.55. The summed E-state index contributed by atoms with van der Waals surface area (Å²) in [4.78, 5) is 33.4. The zero-order valence-electron chi connectivity index (χ0n) is 10.6. The summed E-state index contributed by atoms with van der Waals surface area (Å²) in [6.45, 7) is -0.549. The van der Waals surface area contributed by atoms with E-state index in [0.29, 0.717) is 0 Å². The standard InChI is InChI=1S/C10H13N2O8P/c13-3-5-7(15)8-10(20-5,4-21(16,17)18)12-2-1-6(14)11-9(12)19-8/h1-2,5,7-8,13,15H,3-4H2,(H2,16,17,18)/t5-,7-,8+,10-/m1/s1. The Labute approximate surface area is 117 Å². The first kappa shape index (κ1) is 14.6. The first-order valence-electron chi connectivity index (χ1n) is 6.05. The summed E-state index contributed by atoms with van der Waals surface area (Å²) >= 11 is 0. The molecule has 0 amide bonds. The Morgan fingerprint density at radius 1 is 1.48 bits per heavy atom. The predicted molar refractivity (Wildman–Crippen MR) is 65.8 cm³/mol. The summed E-state index contributed by atoms with van der Waals surface area (Å²) in [5, 5.41) is 19.3. The van der Waals surface area contributed by atoms with Gasteiger partial charge in [0.2, 0.25) is 0 Å². The van der Waals surface area contributed by atoms with Crippen LogP contribution in [-0.4, -0.2) is 60.6 Å². The number of hydrogen-bond donors (Lipinski definition) is 4. The molecule has 21 heavy (non-hydrogen) atoms. The summed E-state index contributed by atoms with van der Waals surface area (Å²) < 4.78 is 23.4. The number of hydrogen-bond acceptors (Lipinski definition) is 7. The minimum absolute atomic E-state index is 0.198. The smallest absolute Gasteiger partial charge is 0.330 e. The average Bonchev–Trinajstić information content (AvgIpc) is 2.79. The van der Waals surface area contributed by atoms with Crippen LogP contribution < -0.4 is 10.3 Å². The van der Waals surface area contributed by atoms with Gasteiger partial charge in [-0.1, -0.05) is 0 Å². The molecule has 0 saturated carbocycles. The van der Waals surface area contributed by atoms with E-state index >= 15 is 0 Å². The van der Waals surface area contributed by atoms with Gasteiger partial charge in [0.05, 0.1) is 6.61 Å². The largest absolute Gasteiger partial charge is 0.453 e. The fourth-order valence-electron chi connectivity index (χ4n) is 2.73. The maximum absolute atomic E-state index is 11.4. The first-order valence-corrected chi connectivity index (χ1v) is 7.85. The van der Waals surface area contributed by atoms with Crippen molar-refractivity contribution in [2.75, 3.05) is 12.8 Å². The Kier molecular flexibility index (Phi) is 3.21. The van der Waals surface area contributed by atoms with E-state index in [1.165, 1.54) is 6.20 Å². The predicted octanol–water partition coefficient (Wildman–Crippen LogP) is -2.41. The fourth-order valence-corrected chi connectivity index (χ4v) is 3.73. The van der Waals surface area contributed by atoms with Crippen molar-refractivity contribution < 1.29 is 34.0 Å². The van der Waals surface area contributed by atoms with Crippen LogP contribution in [0.3, 0.4) is 0 Å². The molecular formula is C10H13N2O8P. The van der Waals surface area contributed by atoms with E-state index in [2.05, 4.69) is 4.98 Å². The van der Waals surface area contributed by atoms with Gasteiger partial charge in [-0.25, -0.2) is 0 Å². The van der Waals surface area contributed by atoms with E-state index in [4.69, 9.17) is 9.47 Å². The molecule has 1 aromatic rings. The number of rotatable bonds is 3. The minimum Gasteiger partial charge on any atom is -0.453 e. The van der Waals surface area contributed by atoms with Crippen LogP contribution in [0.5, 0.6) is 6.01 Å². The van der Waals surface area contributed by atoms with Crippen LogP contribution in [0.2, 0.25) is 0 Å². The molecule has 4 N–H and O–H groups in total. The lowest BCUT2D eigenvalue weighted by Crippen LogP contribution is -2.45. The second kappa shape index (κ2) is 4.60. The van der Waals surface area contributed by atoms with Crippen LogP contribution in [0.4, 0.5) is 0 Å². The van der Waals surface area contributed by atoms with Crippen molar-refractivity contribution in [3.05, 3.63) is 22.6 Å². The van der Waals surface area contributed by atoms with Gasteiger partial charge in [0, 0.05) is 12.3 Å². The van der Waals surface area contributed by atoms with Gasteiger partial charge in [-0.2, -0.15) is 4.98 Å². The molecule has 0 aromatic carbocycles. The maximum atomic E-state index is 11.4. The normalized spacial score (nSPS) is 34.4. The van der Waals surface area contributed by atoms with E-state index in [1.807, 2.05) is 0 Å². The summed E-state index contributed by atoms with van der Waals surface area (Å²) in [6, 6.07) is 0.884. The Hall–Kier alpha value is -1.29.